The average Bonchev–Trinajstić information content (AvgIpc) is 2.57. The van der Waals surface area contributed by atoms with E-state index in [1.807, 2.05) is 7.05 Å². The molecular formula is C18H33N3O. The molecule has 126 valence electrons. The number of benzene rings is 1. The number of ether oxygens (including phenoxy) is 1. The Bertz CT molecular complexity index is 428. The van der Waals surface area contributed by atoms with Gasteiger partial charge in [-0.1, -0.05) is 19.9 Å². The first-order chi connectivity index (χ1) is 10.5. The number of nitrogens with one attached hydrogen (secondary N) is 1. The Kier molecular flexibility index (Phi) is 7.87. The van der Waals surface area contributed by atoms with Gasteiger partial charge in [0.1, 0.15) is 5.75 Å². The van der Waals surface area contributed by atoms with Crippen LogP contribution in [0.5, 0.6) is 5.75 Å². The number of methoxy groups -OCH3 is 1. The second-order valence-electron chi connectivity index (χ2n) is 6.04. The molecule has 3 N–H and O–H groups in total. The van der Waals surface area contributed by atoms with Gasteiger partial charge in [0.2, 0.25) is 0 Å². The molecule has 0 aliphatic rings. The first-order valence-corrected chi connectivity index (χ1v) is 8.29. The molecule has 0 aliphatic carbocycles. The lowest BCUT2D eigenvalue weighted by atomic mass is 9.98. The highest BCUT2D eigenvalue weighted by Gasteiger charge is 2.20. The van der Waals surface area contributed by atoms with Gasteiger partial charge in [0.05, 0.1) is 13.3 Å². The monoisotopic (exact) mass is 307 g/mol. The minimum atomic E-state index is 0.0312. The topological polar surface area (TPSA) is 50.5 Å². The van der Waals surface area contributed by atoms with Gasteiger partial charge in [0, 0.05) is 12.1 Å². The van der Waals surface area contributed by atoms with Crippen LogP contribution in [0.4, 0.5) is 0 Å². The highest BCUT2D eigenvalue weighted by atomic mass is 16.5. The van der Waals surface area contributed by atoms with Crippen molar-refractivity contribution < 1.29 is 4.74 Å². The van der Waals surface area contributed by atoms with Crippen LogP contribution < -0.4 is 15.8 Å². The second kappa shape index (κ2) is 9.13. The molecule has 0 saturated heterocycles. The van der Waals surface area contributed by atoms with Crippen molar-refractivity contribution in [3.63, 3.8) is 0 Å². The van der Waals surface area contributed by atoms with Gasteiger partial charge in [0.25, 0.3) is 0 Å². The van der Waals surface area contributed by atoms with Crippen molar-refractivity contribution in [1.82, 2.24) is 10.2 Å². The van der Waals surface area contributed by atoms with Gasteiger partial charge in [-0.3, -0.25) is 4.90 Å². The van der Waals surface area contributed by atoms with E-state index in [0.717, 1.165) is 25.0 Å². The maximum absolute atomic E-state index is 6.40. The predicted molar refractivity (Wildman–Crippen MR) is 94.3 cm³/mol. The van der Waals surface area contributed by atoms with E-state index in [0.29, 0.717) is 6.04 Å². The molecule has 0 heterocycles. The van der Waals surface area contributed by atoms with Gasteiger partial charge >= 0.3 is 0 Å². The quantitative estimate of drug-likeness (QED) is 0.689. The van der Waals surface area contributed by atoms with Crippen molar-refractivity contribution in [3.8, 4) is 5.75 Å². The van der Waals surface area contributed by atoms with E-state index in [-0.39, 0.29) is 12.2 Å². The average molecular weight is 307 g/mol. The molecule has 0 aliphatic heterocycles. The van der Waals surface area contributed by atoms with Gasteiger partial charge in [-0.05, 0) is 63.5 Å². The smallest absolute Gasteiger partial charge is 0.119 e. The first-order valence-electron chi connectivity index (χ1n) is 8.29. The summed E-state index contributed by atoms with van der Waals surface area (Å²) < 4.78 is 5.43. The third-order valence-corrected chi connectivity index (χ3v) is 4.67. The van der Waals surface area contributed by atoms with Gasteiger partial charge in [-0.2, -0.15) is 0 Å². The molecule has 0 aromatic heterocycles. The lowest BCUT2D eigenvalue weighted by Crippen LogP contribution is -2.46. The van der Waals surface area contributed by atoms with E-state index in [2.05, 4.69) is 56.2 Å². The Morgan fingerprint density at radius 1 is 1.27 bits per heavy atom. The number of hydrogen-bond donors (Lipinski definition) is 2. The summed E-state index contributed by atoms with van der Waals surface area (Å²) in [7, 11) is 5.82. The highest BCUT2D eigenvalue weighted by Crippen LogP contribution is 2.25. The summed E-state index contributed by atoms with van der Waals surface area (Å²) in [6.07, 6.45) is 3.00. The van der Waals surface area contributed by atoms with Crippen molar-refractivity contribution >= 4 is 0 Å². The molecule has 0 amide bonds. The number of nitrogens with zero attached hydrogens (tertiary/aromatic N) is 1. The van der Waals surface area contributed by atoms with Gasteiger partial charge in [0.15, 0.2) is 0 Å². The lowest BCUT2D eigenvalue weighted by Gasteiger charge is -2.32. The first kappa shape index (κ1) is 18.9. The predicted octanol–water partition coefficient (Wildman–Crippen LogP) is 2.92. The Labute approximate surface area is 136 Å². The maximum Gasteiger partial charge on any atom is 0.119 e. The Morgan fingerprint density at radius 3 is 2.45 bits per heavy atom. The molecule has 0 fully saturated rings. The fraction of sp³-hybridized carbons (Fsp3) is 0.667. The Morgan fingerprint density at radius 2 is 1.95 bits per heavy atom. The van der Waals surface area contributed by atoms with E-state index in [1.54, 1.807) is 7.11 Å². The van der Waals surface area contributed by atoms with E-state index >= 15 is 0 Å². The summed E-state index contributed by atoms with van der Waals surface area (Å²) in [5.41, 5.74) is 8.94. The number of nitrogens with two attached hydrogens (primary N) is 1. The molecule has 0 saturated carbocycles. The van der Waals surface area contributed by atoms with Crippen molar-refractivity contribution in [2.45, 2.75) is 58.3 Å². The van der Waals surface area contributed by atoms with Crippen molar-refractivity contribution in [3.05, 3.63) is 29.3 Å². The number of aryl methyl sites for hydroxylation is 1. The fourth-order valence-corrected chi connectivity index (χ4v) is 2.65. The van der Waals surface area contributed by atoms with Crippen molar-refractivity contribution in [2.75, 3.05) is 21.2 Å². The van der Waals surface area contributed by atoms with Crippen molar-refractivity contribution in [1.29, 1.82) is 0 Å². The fourth-order valence-electron chi connectivity index (χ4n) is 2.65. The molecular weight excluding hydrogens is 274 g/mol. The van der Waals surface area contributed by atoms with Crippen LogP contribution in [-0.4, -0.2) is 38.3 Å². The zero-order valence-corrected chi connectivity index (χ0v) is 15.0. The molecule has 1 aromatic rings. The molecule has 0 bridgehead atoms. The van der Waals surface area contributed by atoms with E-state index in [1.165, 1.54) is 11.1 Å². The number of hydrogen-bond acceptors (Lipinski definition) is 4. The standard InChI is InChI=1S/C18H33N3O/c1-7-13(3)21(5)18(19)12-17(20-4)15-9-14(8-2)10-16(11-15)22-6/h9-11,13,17-18,20H,7-8,12,19H2,1-6H3. The summed E-state index contributed by atoms with van der Waals surface area (Å²) in [6.45, 7) is 6.57. The summed E-state index contributed by atoms with van der Waals surface area (Å²) >= 11 is 0. The summed E-state index contributed by atoms with van der Waals surface area (Å²) in [6, 6.07) is 7.17. The molecule has 3 atom stereocenters. The van der Waals surface area contributed by atoms with Gasteiger partial charge in [-0.25, -0.2) is 0 Å². The largest absolute Gasteiger partial charge is 0.497 e. The minimum absolute atomic E-state index is 0.0312. The van der Waals surface area contributed by atoms with Crippen LogP contribution in [0.25, 0.3) is 0 Å². The molecule has 0 spiro atoms. The summed E-state index contributed by atoms with van der Waals surface area (Å²) in [5.74, 6) is 0.915. The van der Waals surface area contributed by atoms with Crippen LogP contribution in [0.3, 0.4) is 0 Å². The molecule has 4 nitrogen and oxygen atoms in total. The second-order valence-corrected chi connectivity index (χ2v) is 6.04. The van der Waals surface area contributed by atoms with Crippen LogP contribution in [-0.2, 0) is 6.42 Å². The SMILES string of the molecule is CCc1cc(OC)cc(C(CC(N)N(C)C(C)CC)NC)c1. The van der Waals surface area contributed by atoms with Crippen LogP contribution in [0, 0.1) is 0 Å². The highest BCUT2D eigenvalue weighted by molar-refractivity contribution is 5.36. The zero-order valence-electron chi connectivity index (χ0n) is 15.0. The zero-order chi connectivity index (χ0) is 16.7. The van der Waals surface area contributed by atoms with Crippen LogP contribution >= 0.6 is 0 Å². The molecule has 4 heteroatoms. The summed E-state index contributed by atoms with van der Waals surface area (Å²) in [4.78, 5) is 2.26. The van der Waals surface area contributed by atoms with E-state index in [9.17, 15) is 0 Å². The molecule has 1 aromatic carbocycles. The van der Waals surface area contributed by atoms with Crippen molar-refractivity contribution in [2.24, 2.45) is 5.73 Å². The van der Waals surface area contributed by atoms with Gasteiger partial charge < -0.3 is 15.8 Å². The minimum Gasteiger partial charge on any atom is -0.497 e. The number of rotatable bonds is 9. The maximum atomic E-state index is 6.40. The molecule has 0 radical (unpaired) electrons. The van der Waals surface area contributed by atoms with Crippen LogP contribution in [0.2, 0.25) is 0 Å². The van der Waals surface area contributed by atoms with E-state index < -0.39 is 0 Å². The molecule has 3 unspecified atom stereocenters. The third-order valence-electron chi connectivity index (χ3n) is 4.67. The molecule has 22 heavy (non-hydrogen) atoms. The Hall–Kier alpha value is -1.10. The van der Waals surface area contributed by atoms with Gasteiger partial charge in [-0.15, -0.1) is 0 Å². The normalized spacial score (nSPS) is 15.6. The third kappa shape index (κ3) is 4.97. The van der Waals surface area contributed by atoms with Crippen LogP contribution in [0.1, 0.15) is 50.8 Å². The molecule has 1 rings (SSSR count). The Balaban J connectivity index is 2.91. The van der Waals surface area contributed by atoms with Crippen LogP contribution in [0.15, 0.2) is 18.2 Å². The van der Waals surface area contributed by atoms with E-state index in [4.69, 9.17) is 10.5 Å². The summed E-state index contributed by atoms with van der Waals surface area (Å²) in [5, 5.41) is 3.40. The lowest BCUT2D eigenvalue weighted by molar-refractivity contribution is 0.164.